The molecule has 10 N–H and O–H groups in total. The molecule has 0 aromatic carbocycles. The first kappa shape index (κ1) is 29.9. The van der Waals surface area contributed by atoms with Crippen LogP contribution in [0.5, 0.6) is 0 Å². The molecular weight excluding hydrogens is 520 g/mol. The molecule has 0 unspecified atom stereocenters. The number of aromatic nitrogens is 20. The third-order valence-corrected chi connectivity index (χ3v) is 3.56. The van der Waals surface area contributed by atoms with Crippen molar-refractivity contribution in [2.24, 2.45) is 0 Å². The first-order valence-corrected chi connectivity index (χ1v) is 9.28. The summed E-state index contributed by atoms with van der Waals surface area (Å²) < 4.78 is 0. The lowest BCUT2D eigenvalue weighted by atomic mass is 10.6. The molecule has 0 aliphatic rings. The molecule has 0 fully saturated rings. The van der Waals surface area contributed by atoms with Gasteiger partial charge in [-0.25, -0.2) is 19.9 Å². The SMILES string of the molecule is Cc1[nH]cc[nH+]1.Cc1[nH]cc[nH+]1.O.O.On1nnnc1-c1nnnn1O.[O-]n1nnnc1-c1nnnn1[O-]. The minimum Gasteiger partial charge on any atom is -0.787 e. The molecule has 0 amide bonds. The molecule has 26 nitrogen and oxygen atoms in total. The van der Waals surface area contributed by atoms with Crippen molar-refractivity contribution >= 4 is 0 Å². The molecule has 38 heavy (non-hydrogen) atoms. The fourth-order valence-corrected chi connectivity index (χ4v) is 2.00. The van der Waals surface area contributed by atoms with E-state index in [1.807, 2.05) is 38.6 Å². The molecule has 0 saturated carbocycles. The molecule has 0 atom stereocenters. The molecule has 0 radical (unpaired) electrons. The lowest BCUT2D eigenvalue weighted by molar-refractivity contribution is -0.385. The third kappa shape index (κ3) is 7.95. The Balaban J connectivity index is 0.000000261. The molecule has 0 saturated heterocycles. The van der Waals surface area contributed by atoms with E-state index in [-0.39, 0.29) is 43.9 Å². The zero-order chi connectivity index (χ0) is 25.9. The maximum Gasteiger partial charge on any atom is 0.264 e. The molecule has 0 aliphatic heterocycles. The zero-order valence-corrected chi connectivity index (χ0v) is 19.2. The number of imidazole rings is 2. The lowest BCUT2D eigenvalue weighted by Gasteiger charge is -2.07. The Kier molecular flexibility index (Phi) is 11.2. The van der Waals surface area contributed by atoms with Crippen LogP contribution in [0.15, 0.2) is 24.8 Å². The van der Waals surface area contributed by atoms with Gasteiger partial charge in [0.2, 0.25) is 23.3 Å². The highest BCUT2D eigenvalue weighted by Gasteiger charge is 2.16. The van der Waals surface area contributed by atoms with Gasteiger partial charge in [-0.05, 0) is 41.7 Å². The number of hydrogen-bond donors (Lipinski definition) is 4. The molecule has 0 spiro atoms. The largest absolute Gasteiger partial charge is 0.787 e. The van der Waals surface area contributed by atoms with Gasteiger partial charge in [-0.15, -0.1) is 20.4 Å². The summed E-state index contributed by atoms with van der Waals surface area (Å²) in [5.41, 5.74) is 0. The Labute approximate surface area is 207 Å². The van der Waals surface area contributed by atoms with Crippen molar-refractivity contribution in [3.63, 3.8) is 0 Å². The van der Waals surface area contributed by atoms with Crippen LogP contribution in [0.1, 0.15) is 11.6 Å². The molecular formula is C12H20N20O6. The van der Waals surface area contributed by atoms with E-state index in [1.54, 1.807) is 0 Å². The number of aryl methyl sites for hydroxylation is 2. The fourth-order valence-electron chi connectivity index (χ4n) is 2.00. The minimum atomic E-state index is -0.324. The number of tetrazole rings is 4. The maximum absolute atomic E-state index is 10.7. The second kappa shape index (κ2) is 14.3. The average Bonchev–Trinajstić information content (AvgIpc) is 3.66. The van der Waals surface area contributed by atoms with Gasteiger partial charge in [0.15, 0.2) is 0 Å². The number of aromatic amines is 4. The van der Waals surface area contributed by atoms with Crippen molar-refractivity contribution < 1.29 is 31.3 Å². The van der Waals surface area contributed by atoms with Crippen molar-refractivity contribution in [3.8, 4) is 23.3 Å². The molecule has 26 heteroatoms. The topological polar surface area (TPSA) is 384 Å². The molecule has 204 valence electrons. The van der Waals surface area contributed by atoms with Crippen LogP contribution in [0, 0.1) is 24.3 Å². The molecule has 0 bridgehead atoms. The summed E-state index contributed by atoms with van der Waals surface area (Å²) >= 11 is 0. The minimum absolute atomic E-state index is 0. The smallest absolute Gasteiger partial charge is 0.264 e. The van der Waals surface area contributed by atoms with E-state index in [0.29, 0.717) is 9.69 Å². The van der Waals surface area contributed by atoms with E-state index < -0.39 is 0 Å². The monoisotopic (exact) mass is 540 g/mol. The summed E-state index contributed by atoms with van der Waals surface area (Å²) in [7, 11) is 0. The highest BCUT2D eigenvalue weighted by Crippen LogP contribution is 2.07. The lowest BCUT2D eigenvalue weighted by Crippen LogP contribution is -2.03. The van der Waals surface area contributed by atoms with Crippen LogP contribution in [0.3, 0.4) is 0 Å². The first-order chi connectivity index (χ1) is 17.4. The summed E-state index contributed by atoms with van der Waals surface area (Å²) in [6.07, 6.45) is 7.43. The first-order valence-electron chi connectivity index (χ1n) is 9.28. The summed E-state index contributed by atoms with van der Waals surface area (Å²) in [6.45, 7) is 3.94. The van der Waals surface area contributed by atoms with Gasteiger partial charge in [0.25, 0.3) is 11.6 Å². The molecule has 6 rings (SSSR count). The van der Waals surface area contributed by atoms with Gasteiger partial charge in [-0.1, -0.05) is 9.69 Å². The summed E-state index contributed by atoms with van der Waals surface area (Å²) in [5.74, 6) is 1.24. The number of nitrogens with one attached hydrogen (secondary N) is 4. The predicted molar refractivity (Wildman–Crippen MR) is 113 cm³/mol. The van der Waals surface area contributed by atoms with Crippen LogP contribution in [-0.2, 0) is 0 Å². The van der Waals surface area contributed by atoms with Crippen LogP contribution in [0.25, 0.3) is 23.3 Å². The third-order valence-electron chi connectivity index (χ3n) is 3.56. The van der Waals surface area contributed by atoms with E-state index in [2.05, 4.69) is 82.0 Å². The van der Waals surface area contributed by atoms with Crippen LogP contribution >= 0.6 is 0 Å². The highest BCUT2D eigenvalue weighted by molar-refractivity contribution is 5.41. The average molecular weight is 540 g/mol. The van der Waals surface area contributed by atoms with Crippen LogP contribution in [-0.4, -0.2) is 113 Å². The van der Waals surface area contributed by atoms with Gasteiger partial charge in [0.1, 0.15) is 24.8 Å². The Bertz CT molecular complexity index is 1230. The summed E-state index contributed by atoms with van der Waals surface area (Å²) in [6, 6.07) is 0. The van der Waals surface area contributed by atoms with E-state index in [0.717, 1.165) is 11.6 Å². The van der Waals surface area contributed by atoms with E-state index in [1.165, 1.54) is 0 Å². The highest BCUT2D eigenvalue weighted by atomic mass is 16.5. The van der Waals surface area contributed by atoms with Crippen LogP contribution < -0.4 is 9.97 Å². The van der Waals surface area contributed by atoms with Crippen molar-refractivity contribution in [3.05, 3.63) is 46.9 Å². The Morgan fingerprint density at radius 3 is 1.16 bits per heavy atom. The van der Waals surface area contributed by atoms with Crippen molar-refractivity contribution in [2.45, 2.75) is 13.8 Å². The quantitative estimate of drug-likeness (QED) is 0.149. The number of nitrogens with zero attached hydrogens (tertiary/aromatic N) is 16. The predicted octanol–water partition coefficient (Wildman–Crippen LogP) is -5.56. The van der Waals surface area contributed by atoms with Gasteiger partial charge in [-0.2, -0.15) is 0 Å². The standard InChI is InChI=1S/2C4H6N2.C2H2N8O2.C2N8O2.2H2O/c2*1-4-5-2-3-6-4;2*11-9-1(3-5-7-9)2-4-6-8-10(2)12;;/h2*2-3H,1H3,(H,5,6);11-12H;;2*1H2/q;;;-2;;/p+2. The second-order valence-corrected chi connectivity index (χ2v) is 6.03. The second-order valence-electron chi connectivity index (χ2n) is 6.03. The van der Waals surface area contributed by atoms with Crippen molar-refractivity contribution in [1.82, 2.24) is 91.5 Å². The Morgan fingerprint density at radius 2 is 0.974 bits per heavy atom. The summed E-state index contributed by atoms with van der Waals surface area (Å²) in [5, 5.41) is 76.8. The number of H-pyrrole nitrogens is 4. The zero-order valence-electron chi connectivity index (χ0n) is 19.2. The number of rotatable bonds is 2. The van der Waals surface area contributed by atoms with Gasteiger partial charge in [0, 0.05) is 13.8 Å². The Morgan fingerprint density at radius 1 is 0.632 bits per heavy atom. The molecule has 0 aliphatic carbocycles. The van der Waals surface area contributed by atoms with Gasteiger partial charge < -0.3 is 31.8 Å². The van der Waals surface area contributed by atoms with Crippen LogP contribution in [0.4, 0.5) is 0 Å². The van der Waals surface area contributed by atoms with Crippen molar-refractivity contribution in [1.29, 1.82) is 0 Å². The van der Waals surface area contributed by atoms with E-state index in [4.69, 9.17) is 10.4 Å². The molecule has 6 aromatic rings. The van der Waals surface area contributed by atoms with Crippen LogP contribution in [0.2, 0.25) is 0 Å². The van der Waals surface area contributed by atoms with Gasteiger partial charge in [0.05, 0.1) is 0 Å². The Hall–Kier alpha value is -6.18. The van der Waals surface area contributed by atoms with E-state index >= 15 is 0 Å². The normalized spacial score (nSPS) is 9.32. The van der Waals surface area contributed by atoms with Crippen molar-refractivity contribution in [2.75, 3.05) is 0 Å². The fraction of sp³-hybridized carbons (Fsp3) is 0.167. The van der Waals surface area contributed by atoms with E-state index in [9.17, 15) is 10.4 Å². The van der Waals surface area contributed by atoms with Gasteiger partial charge in [-0.3, -0.25) is 9.69 Å². The summed E-state index contributed by atoms with van der Waals surface area (Å²) in [4.78, 5) is 12.6. The molecule has 6 aromatic heterocycles. The number of hydrogen-bond acceptors (Lipinski definition) is 16. The van der Waals surface area contributed by atoms with Gasteiger partial charge >= 0.3 is 0 Å². The maximum atomic E-state index is 10.7. The molecule has 6 heterocycles.